The summed E-state index contributed by atoms with van der Waals surface area (Å²) in [6, 6.07) is 7.58. The van der Waals surface area contributed by atoms with Crippen molar-refractivity contribution in [3.05, 3.63) is 39.8 Å². The van der Waals surface area contributed by atoms with Gasteiger partial charge in [0.1, 0.15) is 5.01 Å². The number of aromatic nitrogens is 2. The molecule has 2 N–H and O–H groups in total. The van der Waals surface area contributed by atoms with Gasteiger partial charge in [-0.1, -0.05) is 29.0 Å². The molecule has 1 aliphatic heterocycles. The number of nitrogens with zero attached hydrogens (tertiary/aromatic N) is 3. The minimum Gasteiger partial charge on any atom is -0.379 e. The molecule has 1 saturated heterocycles. The number of anilines is 1. The van der Waals surface area contributed by atoms with E-state index in [0.29, 0.717) is 23.1 Å². The van der Waals surface area contributed by atoms with Crippen LogP contribution >= 0.6 is 23.1 Å². The Morgan fingerprint density at radius 1 is 1.20 bits per heavy atom. The second kappa shape index (κ2) is 12.0. The molecule has 0 spiro atoms. The van der Waals surface area contributed by atoms with E-state index in [1.165, 1.54) is 23.1 Å². The van der Waals surface area contributed by atoms with Crippen molar-refractivity contribution in [3.8, 4) is 0 Å². The molecule has 0 saturated carbocycles. The summed E-state index contributed by atoms with van der Waals surface area (Å²) >= 11 is 2.72. The summed E-state index contributed by atoms with van der Waals surface area (Å²) in [7, 11) is 0. The van der Waals surface area contributed by atoms with Gasteiger partial charge in [0.05, 0.1) is 19.0 Å². The summed E-state index contributed by atoms with van der Waals surface area (Å²) in [6.45, 7) is 7.18. The van der Waals surface area contributed by atoms with Gasteiger partial charge in [-0.15, -0.1) is 22.0 Å². The highest BCUT2D eigenvalue weighted by Gasteiger charge is 2.14. The number of carbonyl (C=O) groups is 2. The smallest absolute Gasteiger partial charge is 0.286 e. The third-order valence-corrected chi connectivity index (χ3v) is 6.55. The zero-order chi connectivity index (χ0) is 21.2. The fourth-order valence-electron chi connectivity index (χ4n) is 2.86. The number of carbonyl (C=O) groups excluding carboxylic acids is 2. The summed E-state index contributed by atoms with van der Waals surface area (Å²) < 4.78 is 5.32. The van der Waals surface area contributed by atoms with Crippen molar-refractivity contribution < 1.29 is 14.3 Å². The van der Waals surface area contributed by atoms with Crippen LogP contribution in [0.4, 0.5) is 5.69 Å². The van der Waals surface area contributed by atoms with Crippen molar-refractivity contribution in [3.63, 3.8) is 0 Å². The van der Waals surface area contributed by atoms with Crippen LogP contribution in [-0.2, 0) is 15.3 Å². The molecule has 2 amide bonds. The Kier molecular flexibility index (Phi) is 9.06. The molecular formula is C20H27N5O3S2. The molecule has 162 valence electrons. The monoisotopic (exact) mass is 449 g/mol. The minimum atomic E-state index is -0.273. The molecule has 1 aromatic carbocycles. The Balaban J connectivity index is 1.30. The van der Waals surface area contributed by atoms with E-state index in [0.717, 1.165) is 55.5 Å². The van der Waals surface area contributed by atoms with Crippen molar-refractivity contribution in [2.45, 2.75) is 19.1 Å². The molecule has 0 radical (unpaired) electrons. The number of nitrogens with one attached hydrogen (secondary N) is 2. The van der Waals surface area contributed by atoms with Crippen molar-refractivity contribution >= 4 is 40.6 Å². The van der Waals surface area contributed by atoms with Gasteiger partial charge in [0.2, 0.25) is 10.9 Å². The van der Waals surface area contributed by atoms with E-state index < -0.39 is 0 Å². The zero-order valence-electron chi connectivity index (χ0n) is 17.1. The number of aryl methyl sites for hydroxylation is 1. The molecule has 0 aliphatic carbocycles. The molecule has 0 atom stereocenters. The van der Waals surface area contributed by atoms with Crippen molar-refractivity contribution in [2.75, 3.05) is 50.5 Å². The standard InChI is InChI=1S/C20H27N5O3S2/c1-15-3-5-16(6-4-15)22-19(27)20-24-23-18(30-20)14-29-13-17(26)21-7-2-8-25-9-11-28-12-10-25/h3-6H,2,7-14H2,1H3,(H,21,26)(H,22,27). The quantitative estimate of drug-likeness (QED) is 0.537. The lowest BCUT2D eigenvalue weighted by Crippen LogP contribution is -2.38. The Labute approximate surface area is 184 Å². The number of benzene rings is 1. The summed E-state index contributed by atoms with van der Waals surface area (Å²) in [5.74, 6) is 0.660. The lowest BCUT2D eigenvalue weighted by atomic mass is 10.2. The van der Waals surface area contributed by atoms with E-state index in [1.54, 1.807) is 0 Å². The van der Waals surface area contributed by atoms with E-state index in [2.05, 4.69) is 25.7 Å². The number of hydrogen-bond donors (Lipinski definition) is 2. The van der Waals surface area contributed by atoms with Crippen LogP contribution < -0.4 is 10.6 Å². The van der Waals surface area contributed by atoms with Gasteiger partial charge >= 0.3 is 0 Å². The van der Waals surface area contributed by atoms with Crippen LogP contribution in [0.15, 0.2) is 24.3 Å². The largest absolute Gasteiger partial charge is 0.379 e. The first-order valence-corrected chi connectivity index (χ1v) is 11.9. The van der Waals surface area contributed by atoms with Gasteiger partial charge in [0, 0.05) is 31.1 Å². The minimum absolute atomic E-state index is 0.0174. The maximum absolute atomic E-state index is 12.3. The lowest BCUT2D eigenvalue weighted by Gasteiger charge is -2.26. The average Bonchev–Trinajstić information content (AvgIpc) is 3.23. The number of rotatable bonds is 10. The van der Waals surface area contributed by atoms with Gasteiger partial charge in [-0.3, -0.25) is 14.5 Å². The predicted octanol–water partition coefficient (Wildman–Crippen LogP) is 2.17. The number of hydrogen-bond acceptors (Lipinski definition) is 8. The summed E-state index contributed by atoms with van der Waals surface area (Å²) in [6.07, 6.45) is 0.937. The number of ether oxygens (including phenoxy) is 1. The molecule has 30 heavy (non-hydrogen) atoms. The van der Waals surface area contributed by atoms with Gasteiger partial charge in [0.15, 0.2) is 0 Å². The second-order valence-corrected chi connectivity index (χ2v) is 9.02. The number of amides is 2. The normalized spacial score (nSPS) is 14.4. The molecule has 3 rings (SSSR count). The fourth-order valence-corrected chi connectivity index (χ4v) is 4.50. The van der Waals surface area contributed by atoms with Crippen LogP contribution in [0.2, 0.25) is 0 Å². The first-order chi connectivity index (χ1) is 14.6. The van der Waals surface area contributed by atoms with Gasteiger partial charge in [0.25, 0.3) is 5.91 Å². The SMILES string of the molecule is Cc1ccc(NC(=O)c2nnc(CSCC(=O)NCCCN3CCOCC3)s2)cc1. The predicted molar refractivity (Wildman–Crippen MR) is 120 cm³/mol. The fraction of sp³-hybridized carbons (Fsp3) is 0.500. The highest BCUT2D eigenvalue weighted by atomic mass is 32.2. The lowest BCUT2D eigenvalue weighted by molar-refractivity contribution is -0.118. The second-order valence-electron chi connectivity index (χ2n) is 6.97. The highest BCUT2D eigenvalue weighted by molar-refractivity contribution is 7.99. The third kappa shape index (κ3) is 7.67. The highest BCUT2D eigenvalue weighted by Crippen LogP contribution is 2.18. The maximum Gasteiger partial charge on any atom is 0.286 e. The summed E-state index contributed by atoms with van der Waals surface area (Å²) in [5, 5.41) is 14.8. The van der Waals surface area contributed by atoms with Gasteiger partial charge in [-0.25, -0.2) is 0 Å². The molecule has 2 aromatic rings. The van der Waals surface area contributed by atoms with E-state index in [1.807, 2.05) is 31.2 Å². The van der Waals surface area contributed by atoms with Crippen LogP contribution in [-0.4, -0.2) is 72.1 Å². The number of thioether (sulfide) groups is 1. The molecule has 1 aliphatic rings. The molecule has 10 heteroatoms. The first-order valence-electron chi connectivity index (χ1n) is 9.95. The summed E-state index contributed by atoms with van der Waals surface area (Å²) in [4.78, 5) is 26.6. The summed E-state index contributed by atoms with van der Waals surface area (Å²) in [5.41, 5.74) is 1.85. The van der Waals surface area contributed by atoms with E-state index in [9.17, 15) is 9.59 Å². The van der Waals surface area contributed by atoms with Gasteiger partial charge in [-0.2, -0.15) is 0 Å². The van der Waals surface area contributed by atoms with Crippen LogP contribution in [0.1, 0.15) is 26.8 Å². The van der Waals surface area contributed by atoms with Crippen molar-refractivity contribution in [2.24, 2.45) is 0 Å². The van der Waals surface area contributed by atoms with Gasteiger partial charge < -0.3 is 15.4 Å². The molecular weight excluding hydrogens is 422 g/mol. The van der Waals surface area contributed by atoms with Crippen LogP contribution in [0.5, 0.6) is 0 Å². The molecule has 8 nitrogen and oxygen atoms in total. The molecule has 1 fully saturated rings. The van der Waals surface area contributed by atoms with E-state index in [-0.39, 0.29) is 11.8 Å². The van der Waals surface area contributed by atoms with Crippen molar-refractivity contribution in [1.82, 2.24) is 20.4 Å². The Morgan fingerprint density at radius 3 is 2.73 bits per heavy atom. The van der Waals surface area contributed by atoms with Gasteiger partial charge in [-0.05, 0) is 32.0 Å². The van der Waals surface area contributed by atoms with E-state index in [4.69, 9.17) is 4.74 Å². The molecule has 0 bridgehead atoms. The average molecular weight is 450 g/mol. The molecule has 1 aromatic heterocycles. The number of morpholine rings is 1. The van der Waals surface area contributed by atoms with Crippen LogP contribution in [0.25, 0.3) is 0 Å². The first kappa shape index (κ1) is 22.7. The van der Waals surface area contributed by atoms with E-state index >= 15 is 0 Å². The Hall–Kier alpha value is -2.01. The topological polar surface area (TPSA) is 96.5 Å². The van der Waals surface area contributed by atoms with Crippen molar-refractivity contribution in [1.29, 1.82) is 0 Å². The molecule has 0 unspecified atom stereocenters. The Morgan fingerprint density at radius 2 is 1.97 bits per heavy atom. The maximum atomic E-state index is 12.3. The zero-order valence-corrected chi connectivity index (χ0v) is 18.7. The Bertz CT molecular complexity index is 822. The third-order valence-electron chi connectivity index (χ3n) is 4.51. The van der Waals surface area contributed by atoms with Crippen LogP contribution in [0, 0.1) is 6.92 Å². The van der Waals surface area contributed by atoms with Crippen LogP contribution in [0.3, 0.4) is 0 Å². The molecule has 2 heterocycles.